The standard InChI is InChI=1S/C15H23ClN4O2/c1-18-13(16)8-17-14(18)10-20-9-11(22-2)7-12(20)15(21)19-5-3-4-6-19/h8,11-12H,3-7,9-10H2,1-2H3/t11-,12-/m0/s1. The second-order valence-corrected chi connectivity index (χ2v) is 6.51. The van der Waals surface area contributed by atoms with Gasteiger partial charge in [0.05, 0.1) is 24.9 Å². The van der Waals surface area contributed by atoms with E-state index in [1.165, 1.54) is 0 Å². The molecule has 1 amide bonds. The number of halogens is 1. The Kier molecular flexibility index (Phi) is 4.70. The predicted molar refractivity (Wildman–Crippen MR) is 83.6 cm³/mol. The van der Waals surface area contributed by atoms with Crippen molar-refractivity contribution in [2.75, 3.05) is 26.7 Å². The summed E-state index contributed by atoms with van der Waals surface area (Å²) in [6.07, 6.45) is 4.73. The third-order valence-electron chi connectivity index (χ3n) is 4.77. The van der Waals surface area contributed by atoms with Gasteiger partial charge in [-0.15, -0.1) is 0 Å². The van der Waals surface area contributed by atoms with Crippen LogP contribution in [0.25, 0.3) is 0 Å². The summed E-state index contributed by atoms with van der Waals surface area (Å²) in [5, 5.41) is 0.611. The number of hydrogen-bond acceptors (Lipinski definition) is 4. The van der Waals surface area contributed by atoms with Crippen LogP contribution in [0.5, 0.6) is 0 Å². The Balaban J connectivity index is 1.74. The molecule has 0 saturated carbocycles. The second-order valence-electron chi connectivity index (χ2n) is 6.13. The summed E-state index contributed by atoms with van der Waals surface area (Å²) in [6, 6.07) is -0.112. The third kappa shape index (κ3) is 3.00. The monoisotopic (exact) mass is 326 g/mol. The molecule has 22 heavy (non-hydrogen) atoms. The summed E-state index contributed by atoms with van der Waals surface area (Å²) in [5.41, 5.74) is 0. The summed E-state index contributed by atoms with van der Waals surface area (Å²) in [6.45, 7) is 3.14. The zero-order valence-corrected chi connectivity index (χ0v) is 13.9. The molecule has 3 heterocycles. The average Bonchev–Trinajstić information content (AvgIpc) is 3.23. The van der Waals surface area contributed by atoms with Crippen LogP contribution in [0.15, 0.2) is 6.20 Å². The molecule has 0 aliphatic carbocycles. The Labute approximate surface area is 136 Å². The van der Waals surface area contributed by atoms with E-state index in [0.29, 0.717) is 11.7 Å². The topological polar surface area (TPSA) is 50.6 Å². The molecule has 0 N–H and O–H groups in total. The number of amides is 1. The Morgan fingerprint density at radius 1 is 1.45 bits per heavy atom. The number of carbonyl (C=O) groups is 1. The molecule has 122 valence electrons. The van der Waals surface area contributed by atoms with E-state index in [1.54, 1.807) is 13.3 Å². The molecule has 0 radical (unpaired) electrons. The van der Waals surface area contributed by atoms with E-state index in [4.69, 9.17) is 16.3 Å². The van der Waals surface area contributed by atoms with Crippen LogP contribution < -0.4 is 0 Å². The van der Waals surface area contributed by atoms with E-state index in [-0.39, 0.29) is 18.1 Å². The Hall–Kier alpha value is -1.11. The van der Waals surface area contributed by atoms with Crippen molar-refractivity contribution in [1.82, 2.24) is 19.4 Å². The van der Waals surface area contributed by atoms with Crippen molar-refractivity contribution in [1.29, 1.82) is 0 Å². The molecular weight excluding hydrogens is 304 g/mol. The van der Waals surface area contributed by atoms with E-state index < -0.39 is 0 Å². The molecule has 1 aromatic heterocycles. The van der Waals surface area contributed by atoms with Gasteiger partial charge in [0.25, 0.3) is 0 Å². The van der Waals surface area contributed by atoms with Crippen LogP contribution in [0.2, 0.25) is 5.15 Å². The Morgan fingerprint density at radius 3 is 2.77 bits per heavy atom. The SMILES string of the molecule is CO[C@H]1C[C@@H](C(=O)N2CCCC2)N(Cc2ncc(Cl)n2C)C1. The first-order valence-electron chi connectivity index (χ1n) is 7.82. The summed E-state index contributed by atoms with van der Waals surface area (Å²) < 4.78 is 7.35. The Bertz CT molecular complexity index is 542. The highest BCUT2D eigenvalue weighted by Gasteiger charge is 2.39. The minimum absolute atomic E-state index is 0.104. The summed E-state index contributed by atoms with van der Waals surface area (Å²) >= 11 is 6.06. The summed E-state index contributed by atoms with van der Waals surface area (Å²) in [4.78, 5) is 21.3. The molecule has 0 bridgehead atoms. The van der Waals surface area contributed by atoms with Gasteiger partial charge in [-0.2, -0.15) is 0 Å². The number of aromatic nitrogens is 2. The van der Waals surface area contributed by atoms with E-state index in [9.17, 15) is 4.79 Å². The maximum Gasteiger partial charge on any atom is 0.240 e. The molecule has 0 unspecified atom stereocenters. The fraction of sp³-hybridized carbons (Fsp3) is 0.733. The quantitative estimate of drug-likeness (QED) is 0.836. The molecule has 3 rings (SSSR count). The number of methoxy groups -OCH3 is 1. The van der Waals surface area contributed by atoms with Crippen LogP contribution in [0, 0.1) is 0 Å². The molecule has 2 fully saturated rings. The zero-order valence-electron chi connectivity index (χ0n) is 13.2. The van der Waals surface area contributed by atoms with Gasteiger partial charge in [0.15, 0.2) is 0 Å². The molecule has 7 heteroatoms. The minimum Gasteiger partial charge on any atom is -0.380 e. The van der Waals surface area contributed by atoms with Crippen molar-refractivity contribution >= 4 is 17.5 Å². The lowest BCUT2D eigenvalue weighted by atomic mass is 10.1. The highest BCUT2D eigenvalue weighted by atomic mass is 35.5. The maximum absolute atomic E-state index is 12.8. The molecule has 1 aromatic rings. The van der Waals surface area contributed by atoms with Gasteiger partial charge in [0.2, 0.25) is 5.91 Å². The van der Waals surface area contributed by atoms with Gasteiger partial charge in [-0.25, -0.2) is 4.98 Å². The van der Waals surface area contributed by atoms with Crippen LogP contribution in [-0.4, -0.2) is 64.1 Å². The summed E-state index contributed by atoms with van der Waals surface area (Å²) in [7, 11) is 3.61. The second kappa shape index (κ2) is 6.56. The van der Waals surface area contributed by atoms with Crippen LogP contribution >= 0.6 is 11.6 Å². The molecule has 2 atom stereocenters. The van der Waals surface area contributed by atoms with Gasteiger partial charge in [-0.05, 0) is 19.3 Å². The van der Waals surface area contributed by atoms with Crippen molar-refractivity contribution in [2.45, 2.75) is 38.0 Å². The smallest absolute Gasteiger partial charge is 0.240 e. The molecule has 0 aromatic carbocycles. The van der Waals surface area contributed by atoms with Gasteiger partial charge in [-0.3, -0.25) is 9.69 Å². The highest BCUT2D eigenvalue weighted by Crippen LogP contribution is 2.25. The zero-order chi connectivity index (χ0) is 15.7. The van der Waals surface area contributed by atoms with Crippen molar-refractivity contribution < 1.29 is 9.53 Å². The molecule has 2 aliphatic heterocycles. The number of carbonyl (C=O) groups excluding carboxylic acids is 1. The van der Waals surface area contributed by atoms with Gasteiger partial charge in [0.1, 0.15) is 11.0 Å². The fourth-order valence-corrected chi connectivity index (χ4v) is 3.51. The van der Waals surface area contributed by atoms with Crippen LogP contribution in [0.1, 0.15) is 25.1 Å². The number of ether oxygens (including phenoxy) is 1. The lowest BCUT2D eigenvalue weighted by Gasteiger charge is -2.27. The van der Waals surface area contributed by atoms with Crippen LogP contribution in [0.4, 0.5) is 0 Å². The van der Waals surface area contributed by atoms with E-state index in [2.05, 4.69) is 9.88 Å². The molecule has 6 nitrogen and oxygen atoms in total. The predicted octanol–water partition coefficient (Wildman–Crippen LogP) is 1.29. The fourth-order valence-electron chi connectivity index (χ4n) is 3.37. The molecular formula is C15H23ClN4O2. The number of likely N-dealkylation sites (tertiary alicyclic amines) is 2. The lowest BCUT2D eigenvalue weighted by molar-refractivity contribution is -0.135. The molecule has 2 aliphatic rings. The van der Waals surface area contributed by atoms with Crippen molar-refractivity contribution in [2.24, 2.45) is 7.05 Å². The lowest BCUT2D eigenvalue weighted by Crippen LogP contribution is -2.44. The van der Waals surface area contributed by atoms with E-state index in [0.717, 1.165) is 44.7 Å². The number of imidazole rings is 1. The van der Waals surface area contributed by atoms with Crippen LogP contribution in [-0.2, 0) is 23.1 Å². The van der Waals surface area contributed by atoms with Gasteiger partial charge in [0, 0.05) is 33.8 Å². The first-order valence-corrected chi connectivity index (χ1v) is 8.19. The number of hydrogen-bond donors (Lipinski definition) is 0. The normalized spacial score (nSPS) is 26.0. The highest BCUT2D eigenvalue weighted by molar-refractivity contribution is 6.29. The first kappa shape index (κ1) is 15.8. The van der Waals surface area contributed by atoms with Crippen molar-refractivity contribution in [3.8, 4) is 0 Å². The van der Waals surface area contributed by atoms with Crippen molar-refractivity contribution in [3.63, 3.8) is 0 Å². The van der Waals surface area contributed by atoms with E-state index >= 15 is 0 Å². The van der Waals surface area contributed by atoms with Crippen molar-refractivity contribution in [3.05, 3.63) is 17.2 Å². The molecule has 0 spiro atoms. The Morgan fingerprint density at radius 2 is 2.18 bits per heavy atom. The first-order chi connectivity index (χ1) is 10.6. The van der Waals surface area contributed by atoms with E-state index in [1.807, 2.05) is 16.5 Å². The average molecular weight is 327 g/mol. The van der Waals surface area contributed by atoms with Gasteiger partial charge < -0.3 is 14.2 Å². The number of nitrogens with zero attached hydrogens (tertiary/aromatic N) is 4. The largest absolute Gasteiger partial charge is 0.380 e. The van der Waals surface area contributed by atoms with Crippen LogP contribution in [0.3, 0.4) is 0 Å². The molecule has 2 saturated heterocycles. The minimum atomic E-state index is -0.112. The number of rotatable bonds is 4. The summed E-state index contributed by atoms with van der Waals surface area (Å²) in [5.74, 6) is 1.11. The maximum atomic E-state index is 12.8. The van der Waals surface area contributed by atoms with Gasteiger partial charge >= 0.3 is 0 Å². The third-order valence-corrected chi connectivity index (χ3v) is 5.12. The van der Waals surface area contributed by atoms with Gasteiger partial charge in [-0.1, -0.05) is 11.6 Å².